The second-order valence-electron chi connectivity index (χ2n) is 5.91. The van der Waals surface area contributed by atoms with Crippen molar-refractivity contribution in [2.45, 2.75) is 58.9 Å². The summed E-state index contributed by atoms with van der Waals surface area (Å²) in [6.07, 6.45) is 5.05. The molecule has 0 aromatic heterocycles. The van der Waals surface area contributed by atoms with Crippen molar-refractivity contribution in [3.05, 3.63) is 0 Å². The lowest BCUT2D eigenvalue weighted by molar-refractivity contribution is -0.122. The van der Waals surface area contributed by atoms with E-state index in [1.165, 1.54) is 6.42 Å². The zero-order valence-corrected chi connectivity index (χ0v) is 11.5. The lowest BCUT2D eigenvalue weighted by Gasteiger charge is -2.32. The first-order chi connectivity index (χ1) is 8.02. The third-order valence-corrected chi connectivity index (χ3v) is 4.23. The topological polar surface area (TPSA) is 55.1 Å². The van der Waals surface area contributed by atoms with Gasteiger partial charge in [0.05, 0.1) is 0 Å². The number of carbonyl (C=O) groups is 1. The molecule has 0 saturated heterocycles. The molecule has 1 saturated carbocycles. The second-order valence-corrected chi connectivity index (χ2v) is 5.91. The van der Waals surface area contributed by atoms with Gasteiger partial charge in [0.25, 0.3) is 0 Å². The van der Waals surface area contributed by atoms with E-state index in [-0.39, 0.29) is 5.91 Å². The standard InChI is InChI=1S/C14H28N2O/c1-10(9-15)4-7-14(17)16-13-6-5-11(2)12(3)8-13/h10-13H,4-9,15H2,1-3H3,(H,16,17). The van der Waals surface area contributed by atoms with Gasteiger partial charge in [-0.05, 0) is 50.0 Å². The summed E-state index contributed by atoms with van der Waals surface area (Å²) >= 11 is 0. The van der Waals surface area contributed by atoms with Crippen LogP contribution >= 0.6 is 0 Å². The van der Waals surface area contributed by atoms with Crippen molar-refractivity contribution >= 4 is 5.91 Å². The molecule has 3 N–H and O–H groups in total. The highest BCUT2D eigenvalue weighted by atomic mass is 16.1. The van der Waals surface area contributed by atoms with Gasteiger partial charge in [0.2, 0.25) is 5.91 Å². The van der Waals surface area contributed by atoms with E-state index in [0.29, 0.717) is 24.9 Å². The van der Waals surface area contributed by atoms with Crippen LogP contribution in [0.15, 0.2) is 0 Å². The Balaban J connectivity index is 2.22. The highest BCUT2D eigenvalue weighted by Gasteiger charge is 2.25. The number of hydrogen-bond acceptors (Lipinski definition) is 2. The average molecular weight is 240 g/mol. The van der Waals surface area contributed by atoms with E-state index in [0.717, 1.165) is 31.1 Å². The Morgan fingerprint density at radius 2 is 2.06 bits per heavy atom. The minimum atomic E-state index is 0.206. The Kier molecular flexibility index (Phi) is 5.96. The van der Waals surface area contributed by atoms with Crippen LogP contribution in [0.1, 0.15) is 52.9 Å². The summed E-state index contributed by atoms with van der Waals surface area (Å²) in [7, 11) is 0. The maximum Gasteiger partial charge on any atom is 0.220 e. The minimum Gasteiger partial charge on any atom is -0.353 e. The SMILES string of the molecule is CC(CN)CCC(=O)NC1CCC(C)C(C)C1. The fourth-order valence-electron chi connectivity index (χ4n) is 2.47. The smallest absolute Gasteiger partial charge is 0.220 e. The van der Waals surface area contributed by atoms with Crippen LogP contribution in [0.25, 0.3) is 0 Å². The monoisotopic (exact) mass is 240 g/mol. The van der Waals surface area contributed by atoms with Crippen molar-refractivity contribution in [1.29, 1.82) is 0 Å². The highest BCUT2D eigenvalue weighted by Crippen LogP contribution is 2.29. The average Bonchev–Trinajstić information content (AvgIpc) is 2.31. The predicted molar refractivity (Wildman–Crippen MR) is 71.6 cm³/mol. The molecule has 0 aliphatic heterocycles. The van der Waals surface area contributed by atoms with Crippen LogP contribution in [-0.4, -0.2) is 18.5 Å². The molecule has 3 nitrogen and oxygen atoms in total. The van der Waals surface area contributed by atoms with E-state index in [2.05, 4.69) is 26.1 Å². The second kappa shape index (κ2) is 7.00. The third kappa shape index (κ3) is 5.07. The van der Waals surface area contributed by atoms with Crippen LogP contribution in [0.4, 0.5) is 0 Å². The van der Waals surface area contributed by atoms with Crippen LogP contribution in [0.5, 0.6) is 0 Å². The number of carbonyl (C=O) groups excluding carboxylic acids is 1. The van der Waals surface area contributed by atoms with Crippen LogP contribution in [0, 0.1) is 17.8 Å². The number of rotatable bonds is 5. The van der Waals surface area contributed by atoms with Gasteiger partial charge >= 0.3 is 0 Å². The summed E-state index contributed by atoms with van der Waals surface area (Å²) < 4.78 is 0. The van der Waals surface area contributed by atoms with E-state index in [1.54, 1.807) is 0 Å². The fourth-order valence-corrected chi connectivity index (χ4v) is 2.47. The number of nitrogens with two attached hydrogens (primary N) is 1. The molecule has 4 unspecified atom stereocenters. The Morgan fingerprint density at radius 1 is 1.35 bits per heavy atom. The molecular weight excluding hydrogens is 212 g/mol. The molecule has 1 rings (SSSR count). The Labute approximate surface area is 106 Å². The molecule has 0 heterocycles. The van der Waals surface area contributed by atoms with Gasteiger partial charge in [0, 0.05) is 12.5 Å². The van der Waals surface area contributed by atoms with Crippen molar-refractivity contribution < 1.29 is 4.79 Å². The van der Waals surface area contributed by atoms with Crippen LogP contribution in [-0.2, 0) is 4.79 Å². The van der Waals surface area contributed by atoms with Crippen LogP contribution in [0.3, 0.4) is 0 Å². The first kappa shape index (κ1) is 14.5. The highest BCUT2D eigenvalue weighted by molar-refractivity contribution is 5.76. The number of amides is 1. The predicted octanol–water partition coefficient (Wildman–Crippen LogP) is 2.30. The maximum absolute atomic E-state index is 11.8. The maximum atomic E-state index is 11.8. The Hall–Kier alpha value is -0.570. The molecule has 17 heavy (non-hydrogen) atoms. The molecule has 0 radical (unpaired) electrons. The fraction of sp³-hybridized carbons (Fsp3) is 0.929. The van der Waals surface area contributed by atoms with Gasteiger partial charge in [-0.3, -0.25) is 4.79 Å². The largest absolute Gasteiger partial charge is 0.353 e. The van der Waals surface area contributed by atoms with Crippen molar-refractivity contribution in [3.8, 4) is 0 Å². The van der Waals surface area contributed by atoms with Crippen molar-refractivity contribution in [3.63, 3.8) is 0 Å². The molecule has 1 aliphatic rings. The molecule has 100 valence electrons. The normalized spacial score (nSPS) is 30.9. The van der Waals surface area contributed by atoms with Gasteiger partial charge in [-0.25, -0.2) is 0 Å². The first-order valence-electron chi connectivity index (χ1n) is 7.02. The summed E-state index contributed by atoms with van der Waals surface area (Å²) in [6, 6.07) is 0.405. The summed E-state index contributed by atoms with van der Waals surface area (Å²) in [6.45, 7) is 7.37. The van der Waals surface area contributed by atoms with Crippen LogP contribution < -0.4 is 11.1 Å². The van der Waals surface area contributed by atoms with Crippen LogP contribution in [0.2, 0.25) is 0 Å². The van der Waals surface area contributed by atoms with Crippen molar-refractivity contribution in [1.82, 2.24) is 5.32 Å². The lowest BCUT2D eigenvalue weighted by atomic mass is 9.79. The molecule has 0 aromatic rings. The summed E-state index contributed by atoms with van der Waals surface area (Å²) in [4.78, 5) is 11.8. The van der Waals surface area contributed by atoms with Crippen molar-refractivity contribution in [2.24, 2.45) is 23.5 Å². The first-order valence-corrected chi connectivity index (χ1v) is 7.02. The summed E-state index contributed by atoms with van der Waals surface area (Å²) in [5, 5.41) is 3.17. The molecule has 1 amide bonds. The van der Waals surface area contributed by atoms with E-state index in [9.17, 15) is 4.79 Å². The van der Waals surface area contributed by atoms with Gasteiger partial charge in [-0.15, -0.1) is 0 Å². The van der Waals surface area contributed by atoms with Crippen molar-refractivity contribution in [2.75, 3.05) is 6.54 Å². The molecule has 0 aromatic carbocycles. The van der Waals surface area contributed by atoms with E-state index >= 15 is 0 Å². The Morgan fingerprint density at radius 3 is 2.65 bits per heavy atom. The van der Waals surface area contributed by atoms with E-state index in [1.807, 2.05) is 0 Å². The van der Waals surface area contributed by atoms with E-state index < -0.39 is 0 Å². The molecule has 3 heteroatoms. The van der Waals surface area contributed by atoms with Gasteiger partial charge < -0.3 is 11.1 Å². The quantitative estimate of drug-likeness (QED) is 0.774. The van der Waals surface area contributed by atoms with E-state index in [4.69, 9.17) is 5.73 Å². The summed E-state index contributed by atoms with van der Waals surface area (Å²) in [5.41, 5.74) is 5.54. The van der Waals surface area contributed by atoms with Gasteiger partial charge in [0.1, 0.15) is 0 Å². The zero-order valence-electron chi connectivity index (χ0n) is 11.5. The minimum absolute atomic E-state index is 0.206. The zero-order chi connectivity index (χ0) is 12.8. The molecule has 0 bridgehead atoms. The molecular formula is C14H28N2O. The lowest BCUT2D eigenvalue weighted by Crippen LogP contribution is -2.39. The van der Waals surface area contributed by atoms with Gasteiger partial charge in [-0.2, -0.15) is 0 Å². The molecule has 1 aliphatic carbocycles. The molecule has 0 spiro atoms. The molecule has 1 fully saturated rings. The van der Waals surface area contributed by atoms with Gasteiger partial charge in [0.15, 0.2) is 0 Å². The number of hydrogen-bond donors (Lipinski definition) is 2. The summed E-state index contributed by atoms with van der Waals surface area (Å²) in [5.74, 6) is 2.19. The number of nitrogens with one attached hydrogen (secondary N) is 1. The van der Waals surface area contributed by atoms with Gasteiger partial charge in [-0.1, -0.05) is 20.8 Å². The Bertz CT molecular complexity index is 242. The molecule has 4 atom stereocenters. The third-order valence-electron chi connectivity index (χ3n) is 4.23.